The topological polar surface area (TPSA) is 60.2 Å². The van der Waals surface area contributed by atoms with Crippen molar-refractivity contribution in [2.45, 2.75) is 25.3 Å². The minimum atomic E-state index is 0.474. The molecule has 1 saturated heterocycles. The maximum absolute atomic E-state index is 5.32. The van der Waals surface area contributed by atoms with Crippen LogP contribution in [0, 0.1) is 0 Å². The molecule has 5 heteroatoms. The maximum Gasteiger partial charge on any atom is 0.227 e. The van der Waals surface area contributed by atoms with Crippen molar-refractivity contribution in [3.63, 3.8) is 0 Å². The van der Waals surface area contributed by atoms with Crippen LogP contribution >= 0.6 is 0 Å². The van der Waals surface area contributed by atoms with E-state index in [0.717, 1.165) is 38.4 Å². The largest absolute Gasteiger partial charge is 0.380 e. The van der Waals surface area contributed by atoms with Crippen LogP contribution in [-0.2, 0) is 17.6 Å². The van der Waals surface area contributed by atoms with Crippen molar-refractivity contribution >= 4 is 0 Å². The fraction of sp³-hybridized carbons (Fsp3) is 0.467. The number of aromatic nitrogens is 2. The van der Waals surface area contributed by atoms with Gasteiger partial charge in [-0.15, -0.1) is 0 Å². The van der Waals surface area contributed by atoms with Gasteiger partial charge < -0.3 is 14.6 Å². The molecule has 1 atom stereocenters. The molecule has 0 aliphatic carbocycles. The Hall–Kier alpha value is -1.72. The highest BCUT2D eigenvalue weighted by molar-refractivity contribution is 5.18. The summed E-state index contributed by atoms with van der Waals surface area (Å²) in [5.41, 5.74) is 1.20. The maximum atomic E-state index is 5.32. The fourth-order valence-electron chi connectivity index (χ4n) is 2.32. The Balaban J connectivity index is 1.46. The minimum absolute atomic E-state index is 0.474. The van der Waals surface area contributed by atoms with Gasteiger partial charge in [0.05, 0.1) is 6.61 Å². The molecule has 2 aromatic rings. The summed E-state index contributed by atoms with van der Waals surface area (Å²) < 4.78 is 10.6. The number of nitrogens with zero attached hydrogens (tertiary/aromatic N) is 2. The molecule has 1 aromatic carbocycles. The van der Waals surface area contributed by atoms with Crippen LogP contribution in [0.2, 0.25) is 0 Å². The number of ether oxygens (including phenoxy) is 1. The smallest absolute Gasteiger partial charge is 0.227 e. The molecule has 1 aromatic heterocycles. The highest BCUT2D eigenvalue weighted by Crippen LogP contribution is 2.07. The molecule has 20 heavy (non-hydrogen) atoms. The van der Waals surface area contributed by atoms with Gasteiger partial charge in [-0.25, -0.2) is 0 Å². The second-order valence-electron chi connectivity index (χ2n) is 5.03. The molecular formula is C15H19N3O2. The van der Waals surface area contributed by atoms with Crippen molar-refractivity contribution < 1.29 is 9.26 Å². The molecule has 5 nitrogen and oxygen atoms in total. The van der Waals surface area contributed by atoms with Crippen LogP contribution in [0.5, 0.6) is 0 Å². The first-order valence-corrected chi connectivity index (χ1v) is 7.06. The molecule has 3 rings (SSSR count). The van der Waals surface area contributed by atoms with Crippen LogP contribution in [0.25, 0.3) is 0 Å². The van der Waals surface area contributed by atoms with Crippen LogP contribution in [0.1, 0.15) is 23.7 Å². The molecule has 0 spiro atoms. The number of rotatable bonds is 6. The summed E-state index contributed by atoms with van der Waals surface area (Å²) in [5.74, 6) is 1.44. The first-order chi connectivity index (χ1) is 9.90. The van der Waals surface area contributed by atoms with Crippen molar-refractivity contribution in [1.82, 2.24) is 15.5 Å². The van der Waals surface area contributed by atoms with Crippen LogP contribution in [0.15, 0.2) is 34.9 Å². The van der Waals surface area contributed by atoms with Crippen molar-refractivity contribution in [1.29, 1.82) is 0 Å². The quantitative estimate of drug-likeness (QED) is 0.866. The predicted octanol–water partition coefficient (Wildman–Crippen LogP) is 1.58. The van der Waals surface area contributed by atoms with E-state index in [4.69, 9.17) is 9.26 Å². The summed E-state index contributed by atoms with van der Waals surface area (Å²) >= 11 is 0. The Morgan fingerprint density at radius 2 is 2.15 bits per heavy atom. The highest BCUT2D eigenvalue weighted by atomic mass is 16.5. The van der Waals surface area contributed by atoms with Gasteiger partial charge in [0.2, 0.25) is 5.89 Å². The van der Waals surface area contributed by atoms with Gasteiger partial charge in [-0.05, 0) is 12.0 Å². The standard InChI is InChI=1S/C15H19N3O2/c1-2-4-12(5-3-1)10-14-17-15(20-18-14)6-8-16-13-7-9-19-11-13/h1-5,13,16H,6-11H2. The van der Waals surface area contributed by atoms with Gasteiger partial charge in [0.25, 0.3) is 0 Å². The molecule has 0 bridgehead atoms. The Bertz CT molecular complexity index is 521. The lowest BCUT2D eigenvalue weighted by molar-refractivity contribution is 0.190. The van der Waals surface area contributed by atoms with Crippen LogP contribution in [0.3, 0.4) is 0 Å². The molecule has 0 amide bonds. The van der Waals surface area contributed by atoms with E-state index in [2.05, 4.69) is 27.6 Å². The van der Waals surface area contributed by atoms with Crippen LogP contribution < -0.4 is 5.32 Å². The van der Waals surface area contributed by atoms with Crippen molar-refractivity contribution in [2.75, 3.05) is 19.8 Å². The third-order valence-electron chi connectivity index (χ3n) is 3.42. The lowest BCUT2D eigenvalue weighted by Crippen LogP contribution is -2.30. The Morgan fingerprint density at radius 3 is 2.95 bits per heavy atom. The molecule has 1 N–H and O–H groups in total. The Kier molecular flexibility index (Phi) is 4.40. The number of hydrogen-bond acceptors (Lipinski definition) is 5. The monoisotopic (exact) mass is 273 g/mol. The molecule has 1 aliphatic rings. The summed E-state index contributed by atoms with van der Waals surface area (Å²) in [6.07, 6.45) is 2.57. The molecule has 106 valence electrons. The zero-order chi connectivity index (χ0) is 13.6. The van der Waals surface area contributed by atoms with Gasteiger partial charge in [0, 0.05) is 32.0 Å². The number of nitrogens with one attached hydrogen (secondary N) is 1. The number of benzene rings is 1. The first-order valence-electron chi connectivity index (χ1n) is 7.06. The van der Waals surface area contributed by atoms with Crippen molar-refractivity contribution in [2.24, 2.45) is 0 Å². The van der Waals surface area contributed by atoms with E-state index in [1.54, 1.807) is 0 Å². The van der Waals surface area contributed by atoms with E-state index < -0.39 is 0 Å². The van der Waals surface area contributed by atoms with E-state index in [-0.39, 0.29) is 0 Å². The third kappa shape index (κ3) is 3.65. The van der Waals surface area contributed by atoms with Gasteiger partial charge in [-0.3, -0.25) is 0 Å². The lowest BCUT2D eigenvalue weighted by Gasteiger charge is -2.07. The molecule has 1 aliphatic heterocycles. The van der Waals surface area contributed by atoms with Crippen molar-refractivity contribution in [3.8, 4) is 0 Å². The molecular weight excluding hydrogens is 254 g/mol. The average Bonchev–Trinajstić information content (AvgIpc) is 3.12. The van der Waals surface area contributed by atoms with E-state index in [1.165, 1.54) is 5.56 Å². The van der Waals surface area contributed by atoms with Gasteiger partial charge in [0.1, 0.15) is 0 Å². The number of hydrogen-bond donors (Lipinski definition) is 1. The SMILES string of the molecule is c1ccc(Cc2noc(CCNC3CCOC3)n2)cc1. The fourth-order valence-corrected chi connectivity index (χ4v) is 2.32. The van der Waals surface area contributed by atoms with Crippen molar-refractivity contribution in [3.05, 3.63) is 47.6 Å². The van der Waals surface area contributed by atoms with E-state index in [1.807, 2.05) is 18.2 Å². The first kappa shape index (κ1) is 13.3. The lowest BCUT2D eigenvalue weighted by atomic mass is 10.1. The van der Waals surface area contributed by atoms with Gasteiger partial charge in [-0.1, -0.05) is 35.5 Å². The second kappa shape index (κ2) is 6.63. The van der Waals surface area contributed by atoms with E-state index >= 15 is 0 Å². The molecule has 0 radical (unpaired) electrons. The molecule has 1 unspecified atom stereocenters. The van der Waals surface area contributed by atoms with Crippen LogP contribution in [-0.4, -0.2) is 35.9 Å². The summed E-state index contributed by atoms with van der Waals surface area (Å²) in [4.78, 5) is 4.42. The van der Waals surface area contributed by atoms with Gasteiger partial charge in [0.15, 0.2) is 5.82 Å². The summed E-state index contributed by atoms with van der Waals surface area (Å²) in [6.45, 7) is 2.52. The minimum Gasteiger partial charge on any atom is -0.380 e. The van der Waals surface area contributed by atoms with E-state index in [9.17, 15) is 0 Å². The average molecular weight is 273 g/mol. The molecule has 0 saturated carbocycles. The Labute approximate surface area is 118 Å². The summed E-state index contributed by atoms with van der Waals surface area (Å²) in [7, 11) is 0. The highest BCUT2D eigenvalue weighted by Gasteiger charge is 2.15. The summed E-state index contributed by atoms with van der Waals surface area (Å²) in [6, 6.07) is 10.6. The zero-order valence-corrected chi connectivity index (χ0v) is 11.4. The van der Waals surface area contributed by atoms with Gasteiger partial charge in [-0.2, -0.15) is 4.98 Å². The van der Waals surface area contributed by atoms with E-state index in [0.29, 0.717) is 18.4 Å². The summed E-state index contributed by atoms with van der Waals surface area (Å²) in [5, 5.41) is 7.46. The van der Waals surface area contributed by atoms with Gasteiger partial charge >= 0.3 is 0 Å². The Morgan fingerprint density at radius 1 is 1.25 bits per heavy atom. The second-order valence-corrected chi connectivity index (χ2v) is 5.03. The van der Waals surface area contributed by atoms with Crippen LogP contribution in [0.4, 0.5) is 0 Å². The predicted molar refractivity (Wildman–Crippen MR) is 74.5 cm³/mol. The molecule has 1 fully saturated rings. The molecule has 2 heterocycles. The zero-order valence-electron chi connectivity index (χ0n) is 11.4. The normalized spacial score (nSPS) is 18.5. The third-order valence-corrected chi connectivity index (χ3v) is 3.42.